The lowest BCUT2D eigenvalue weighted by atomic mass is 9.89. The molecule has 1 saturated carbocycles. The molecule has 1 aromatic rings. The van der Waals surface area contributed by atoms with Crippen molar-refractivity contribution in [2.75, 3.05) is 11.9 Å². The van der Waals surface area contributed by atoms with Gasteiger partial charge in [0.05, 0.1) is 6.61 Å². The highest BCUT2D eigenvalue weighted by Crippen LogP contribution is 2.24. The van der Waals surface area contributed by atoms with Crippen LogP contribution in [0.15, 0.2) is 10.7 Å². The third kappa shape index (κ3) is 3.56. The number of anilines is 1. The Hall–Kier alpha value is -1.85. The number of ether oxygens (including phenoxy) is 1. The fourth-order valence-electron chi connectivity index (χ4n) is 2.20. The van der Waals surface area contributed by atoms with Crippen LogP contribution < -0.4 is 5.32 Å². The lowest BCUT2D eigenvalue weighted by molar-refractivity contribution is -0.120. The first-order valence-electron chi connectivity index (χ1n) is 6.64. The normalized spacial score (nSPS) is 16.1. The Kier molecular flexibility index (Phi) is 4.54. The van der Waals surface area contributed by atoms with Crippen molar-refractivity contribution in [1.29, 1.82) is 0 Å². The average Bonchev–Trinajstić information content (AvgIpc) is 2.88. The van der Waals surface area contributed by atoms with E-state index in [0.717, 1.165) is 25.7 Å². The van der Waals surface area contributed by atoms with Crippen LogP contribution in [0, 0.1) is 5.92 Å². The first-order valence-corrected chi connectivity index (χ1v) is 6.64. The molecule has 0 radical (unpaired) electrons. The van der Waals surface area contributed by atoms with Crippen LogP contribution in [0.3, 0.4) is 0 Å². The Bertz CT molecular complexity index is 449. The van der Waals surface area contributed by atoms with Crippen molar-refractivity contribution in [2.24, 2.45) is 5.92 Å². The molecule has 6 nitrogen and oxygen atoms in total. The Labute approximate surface area is 111 Å². The molecule has 19 heavy (non-hydrogen) atoms. The topological polar surface area (TPSA) is 81.4 Å². The number of oxazole rings is 1. The SMILES string of the molecule is CCOC(=O)c1coc(NC(=O)C2CCCCC2)n1. The van der Waals surface area contributed by atoms with Gasteiger partial charge in [-0.2, -0.15) is 4.98 Å². The van der Waals surface area contributed by atoms with Crippen LogP contribution in [0.5, 0.6) is 0 Å². The van der Waals surface area contributed by atoms with Crippen molar-refractivity contribution in [2.45, 2.75) is 39.0 Å². The summed E-state index contributed by atoms with van der Waals surface area (Å²) >= 11 is 0. The summed E-state index contributed by atoms with van der Waals surface area (Å²) in [6.45, 7) is 1.99. The van der Waals surface area contributed by atoms with Crippen LogP contribution in [0.25, 0.3) is 0 Å². The molecule has 104 valence electrons. The van der Waals surface area contributed by atoms with Crippen LogP contribution in [0.4, 0.5) is 6.01 Å². The Morgan fingerprint density at radius 1 is 1.42 bits per heavy atom. The van der Waals surface area contributed by atoms with Crippen LogP contribution in [-0.2, 0) is 9.53 Å². The zero-order valence-electron chi connectivity index (χ0n) is 11.0. The molecule has 0 aromatic carbocycles. The Morgan fingerprint density at radius 2 is 2.16 bits per heavy atom. The number of nitrogens with one attached hydrogen (secondary N) is 1. The van der Waals surface area contributed by atoms with Crippen molar-refractivity contribution in [3.63, 3.8) is 0 Å². The van der Waals surface area contributed by atoms with Crippen molar-refractivity contribution >= 4 is 17.9 Å². The number of esters is 1. The summed E-state index contributed by atoms with van der Waals surface area (Å²) < 4.78 is 9.84. The summed E-state index contributed by atoms with van der Waals surface area (Å²) in [6.07, 6.45) is 6.34. The van der Waals surface area contributed by atoms with E-state index in [2.05, 4.69) is 10.3 Å². The molecular weight excluding hydrogens is 248 g/mol. The van der Waals surface area contributed by atoms with E-state index in [9.17, 15) is 9.59 Å². The van der Waals surface area contributed by atoms with Gasteiger partial charge in [-0.15, -0.1) is 0 Å². The van der Waals surface area contributed by atoms with Gasteiger partial charge in [0.2, 0.25) is 5.91 Å². The number of rotatable bonds is 4. The first-order chi connectivity index (χ1) is 9.20. The maximum Gasteiger partial charge on any atom is 0.360 e. The van der Waals surface area contributed by atoms with Crippen LogP contribution >= 0.6 is 0 Å². The van der Waals surface area contributed by atoms with Gasteiger partial charge in [-0.05, 0) is 19.8 Å². The monoisotopic (exact) mass is 266 g/mol. The first kappa shape index (κ1) is 13.6. The summed E-state index contributed by atoms with van der Waals surface area (Å²) in [7, 11) is 0. The van der Waals surface area contributed by atoms with Gasteiger partial charge in [-0.3, -0.25) is 10.1 Å². The second-order valence-electron chi connectivity index (χ2n) is 4.58. The summed E-state index contributed by atoms with van der Waals surface area (Å²) in [5.74, 6) is -0.618. The third-order valence-corrected chi connectivity index (χ3v) is 3.19. The van der Waals surface area contributed by atoms with E-state index in [0.29, 0.717) is 0 Å². The number of carbonyl (C=O) groups excluding carboxylic acids is 2. The molecule has 1 amide bonds. The maximum absolute atomic E-state index is 11.9. The number of hydrogen-bond acceptors (Lipinski definition) is 5. The molecule has 0 aliphatic heterocycles. The number of amides is 1. The maximum atomic E-state index is 11.9. The van der Waals surface area contributed by atoms with Gasteiger partial charge < -0.3 is 9.15 Å². The number of carbonyl (C=O) groups is 2. The van der Waals surface area contributed by atoms with Crippen LogP contribution in [0.2, 0.25) is 0 Å². The standard InChI is InChI=1S/C13H18N2O4/c1-2-18-12(17)10-8-19-13(14-10)15-11(16)9-6-4-3-5-7-9/h8-9H,2-7H2,1H3,(H,14,15,16). The number of aromatic nitrogens is 1. The van der Waals surface area contributed by atoms with Gasteiger partial charge in [-0.1, -0.05) is 19.3 Å². The molecule has 1 N–H and O–H groups in total. The molecular formula is C13H18N2O4. The predicted molar refractivity (Wildman–Crippen MR) is 67.7 cm³/mol. The largest absolute Gasteiger partial charge is 0.461 e. The van der Waals surface area contributed by atoms with Gasteiger partial charge in [-0.25, -0.2) is 4.79 Å². The van der Waals surface area contributed by atoms with Crippen molar-refractivity contribution < 1.29 is 18.7 Å². The minimum Gasteiger partial charge on any atom is -0.461 e. The Balaban J connectivity index is 1.92. The molecule has 1 aliphatic rings. The third-order valence-electron chi connectivity index (χ3n) is 3.19. The highest BCUT2D eigenvalue weighted by atomic mass is 16.5. The van der Waals surface area contributed by atoms with E-state index in [4.69, 9.17) is 9.15 Å². The molecule has 0 atom stereocenters. The molecule has 1 aliphatic carbocycles. The van der Waals surface area contributed by atoms with Crippen molar-refractivity contribution in [3.8, 4) is 0 Å². The van der Waals surface area contributed by atoms with E-state index in [-0.39, 0.29) is 30.1 Å². The molecule has 0 unspecified atom stereocenters. The molecule has 0 bridgehead atoms. The highest BCUT2D eigenvalue weighted by Gasteiger charge is 2.23. The highest BCUT2D eigenvalue weighted by molar-refractivity contribution is 5.92. The number of hydrogen-bond donors (Lipinski definition) is 1. The van der Waals surface area contributed by atoms with E-state index in [1.54, 1.807) is 6.92 Å². The van der Waals surface area contributed by atoms with Crippen molar-refractivity contribution in [3.05, 3.63) is 12.0 Å². The minimum absolute atomic E-state index is 0.0201. The minimum atomic E-state index is -0.551. The van der Waals surface area contributed by atoms with E-state index in [1.165, 1.54) is 12.7 Å². The van der Waals surface area contributed by atoms with Gasteiger partial charge in [0.25, 0.3) is 0 Å². The number of nitrogens with zero attached hydrogens (tertiary/aromatic N) is 1. The summed E-state index contributed by atoms with van der Waals surface area (Å²) in [6, 6.07) is 0.0543. The predicted octanol–water partition coefficient (Wildman–Crippen LogP) is 2.37. The van der Waals surface area contributed by atoms with Gasteiger partial charge >= 0.3 is 12.0 Å². The summed E-state index contributed by atoms with van der Waals surface area (Å²) in [5, 5.41) is 2.60. The van der Waals surface area contributed by atoms with Gasteiger partial charge in [0, 0.05) is 5.92 Å². The zero-order valence-corrected chi connectivity index (χ0v) is 11.0. The fourth-order valence-corrected chi connectivity index (χ4v) is 2.20. The molecule has 1 fully saturated rings. The second-order valence-corrected chi connectivity index (χ2v) is 4.58. The molecule has 0 saturated heterocycles. The lowest BCUT2D eigenvalue weighted by Gasteiger charge is -2.19. The van der Waals surface area contributed by atoms with Gasteiger partial charge in [0.15, 0.2) is 5.69 Å². The van der Waals surface area contributed by atoms with Crippen molar-refractivity contribution in [1.82, 2.24) is 4.98 Å². The fraction of sp³-hybridized carbons (Fsp3) is 0.615. The summed E-state index contributed by atoms with van der Waals surface area (Å²) in [4.78, 5) is 27.2. The molecule has 6 heteroatoms. The second kappa shape index (κ2) is 6.36. The zero-order chi connectivity index (χ0) is 13.7. The molecule has 1 aromatic heterocycles. The van der Waals surface area contributed by atoms with Gasteiger partial charge in [0.1, 0.15) is 6.26 Å². The summed E-state index contributed by atoms with van der Waals surface area (Å²) in [5.41, 5.74) is 0.0702. The van der Waals surface area contributed by atoms with Crippen LogP contribution in [-0.4, -0.2) is 23.5 Å². The molecule has 1 heterocycles. The smallest absolute Gasteiger partial charge is 0.360 e. The quantitative estimate of drug-likeness (QED) is 0.846. The Morgan fingerprint density at radius 3 is 2.84 bits per heavy atom. The van der Waals surface area contributed by atoms with E-state index >= 15 is 0 Å². The molecule has 0 spiro atoms. The lowest BCUT2D eigenvalue weighted by Crippen LogP contribution is -2.24. The van der Waals surface area contributed by atoms with E-state index < -0.39 is 5.97 Å². The van der Waals surface area contributed by atoms with E-state index in [1.807, 2.05) is 0 Å². The average molecular weight is 266 g/mol. The van der Waals surface area contributed by atoms with Crippen LogP contribution in [0.1, 0.15) is 49.5 Å². The molecule has 2 rings (SSSR count).